The first-order valence-corrected chi connectivity index (χ1v) is 9.59. The quantitative estimate of drug-likeness (QED) is 0.509. The van der Waals surface area contributed by atoms with Crippen LogP contribution < -0.4 is 4.74 Å². The second-order valence-corrected chi connectivity index (χ2v) is 8.97. The number of benzene rings is 2. The van der Waals surface area contributed by atoms with Gasteiger partial charge in [0.15, 0.2) is 0 Å². The predicted molar refractivity (Wildman–Crippen MR) is 110 cm³/mol. The van der Waals surface area contributed by atoms with E-state index in [-0.39, 0.29) is 29.0 Å². The van der Waals surface area contributed by atoms with E-state index >= 15 is 0 Å². The first-order chi connectivity index (χ1) is 12.5. The van der Waals surface area contributed by atoms with E-state index < -0.39 is 0 Å². The predicted octanol–water partition coefficient (Wildman–Crippen LogP) is 6.14. The second kappa shape index (κ2) is 8.16. The van der Waals surface area contributed by atoms with Gasteiger partial charge in [-0.3, -0.25) is 4.79 Å². The van der Waals surface area contributed by atoms with Crippen molar-refractivity contribution in [1.82, 2.24) is 0 Å². The van der Waals surface area contributed by atoms with Gasteiger partial charge in [0, 0.05) is 23.5 Å². The average Bonchev–Trinajstić information content (AvgIpc) is 2.51. The van der Waals surface area contributed by atoms with Crippen LogP contribution in [-0.4, -0.2) is 11.1 Å². The third-order valence-corrected chi connectivity index (χ3v) is 4.64. The van der Waals surface area contributed by atoms with Crippen LogP contribution in [0.5, 0.6) is 11.5 Å². The Morgan fingerprint density at radius 1 is 1.00 bits per heavy atom. The van der Waals surface area contributed by atoms with Crippen LogP contribution in [0.4, 0.5) is 0 Å². The number of esters is 1. The summed E-state index contributed by atoms with van der Waals surface area (Å²) >= 11 is 0. The highest BCUT2D eigenvalue weighted by Crippen LogP contribution is 2.47. The molecule has 0 spiro atoms. The number of carbonyl (C=O) groups excluding carboxylic acids is 1. The van der Waals surface area contributed by atoms with Gasteiger partial charge in [0.1, 0.15) is 11.5 Å². The number of hydrogen-bond acceptors (Lipinski definition) is 3. The Labute approximate surface area is 163 Å². The maximum atomic E-state index is 12.3. The fraction of sp³-hybridized carbons (Fsp3) is 0.458. The highest BCUT2D eigenvalue weighted by atomic mass is 16.5. The van der Waals surface area contributed by atoms with Crippen molar-refractivity contribution in [3.63, 3.8) is 0 Å². The van der Waals surface area contributed by atoms with E-state index in [0.717, 1.165) is 22.3 Å². The zero-order valence-corrected chi connectivity index (χ0v) is 17.6. The van der Waals surface area contributed by atoms with Crippen LogP contribution >= 0.6 is 0 Å². The van der Waals surface area contributed by atoms with E-state index in [9.17, 15) is 9.90 Å². The van der Waals surface area contributed by atoms with Crippen molar-refractivity contribution >= 4 is 5.97 Å². The van der Waals surface area contributed by atoms with Gasteiger partial charge >= 0.3 is 5.97 Å². The highest BCUT2D eigenvalue weighted by Gasteiger charge is 2.33. The van der Waals surface area contributed by atoms with Crippen LogP contribution in [0.25, 0.3) is 0 Å². The molecule has 0 aliphatic rings. The zero-order valence-electron chi connectivity index (χ0n) is 17.6. The lowest BCUT2D eigenvalue weighted by Crippen LogP contribution is -2.22. The largest absolute Gasteiger partial charge is 0.508 e. The summed E-state index contributed by atoms with van der Waals surface area (Å²) in [4.78, 5) is 12.3. The van der Waals surface area contributed by atoms with Crippen molar-refractivity contribution in [1.29, 1.82) is 0 Å². The lowest BCUT2D eigenvalue weighted by atomic mass is 9.71. The first kappa shape index (κ1) is 21.0. The maximum absolute atomic E-state index is 12.3. The Morgan fingerprint density at radius 3 is 2.11 bits per heavy atom. The van der Waals surface area contributed by atoms with E-state index in [0.29, 0.717) is 12.2 Å². The van der Waals surface area contributed by atoms with Crippen molar-refractivity contribution in [3.05, 3.63) is 58.7 Å². The van der Waals surface area contributed by atoms with Crippen molar-refractivity contribution in [2.45, 2.75) is 60.8 Å². The van der Waals surface area contributed by atoms with Crippen LogP contribution in [0.3, 0.4) is 0 Å². The summed E-state index contributed by atoms with van der Waals surface area (Å²) in [5.41, 5.74) is 3.78. The number of carbonyl (C=O) groups is 1. The number of phenolic OH excluding ortho intramolecular Hbond substituents is 1. The molecule has 0 fully saturated rings. The van der Waals surface area contributed by atoms with E-state index in [1.807, 2.05) is 52.0 Å². The van der Waals surface area contributed by atoms with Gasteiger partial charge in [0.05, 0.1) is 0 Å². The molecule has 2 rings (SSSR count). The van der Waals surface area contributed by atoms with E-state index in [2.05, 4.69) is 26.8 Å². The molecule has 27 heavy (non-hydrogen) atoms. The van der Waals surface area contributed by atoms with Crippen molar-refractivity contribution < 1.29 is 14.6 Å². The molecule has 2 aromatic carbocycles. The molecule has 0 amide bonds. The minimum absolute atomic E-state index is 0.112. The minimum atomic E-state index is -0.226. The van der Waals surface area contributed by atoms with Gasteiger partial charge in [-0.05, 0) is 37.3 Å². The Morgan fingerprint density at radius 2 is 1.56 bits per heavy atom. The van der Waals surface area contributed by atoms with Gasteiger partial charge in [0.25, 0.3) is 0 Å². The summed E-state index contributed by atoms with van der Waals surface area (Å²) < 4.78 is 5.76. The lowest BCUT2D eigenvalue weighted by molar-refractivity contribution is -0.135. The molecule has 0 saturated heterocycles. The molecule has 0 aliphatic heterocycles. The third-order valence-electron chi connectivity index (χ3n) is 4.64. The molecular formula is C24H32O3. The monoisotopic (exact) mass is 368 g/mol. The number of aromatic hydroxyl groups is 1. The molecule has 0 aliphatic carbocycles. The highest BCUT2D eigenvalue weighted by molar-refractivity contribution is 5.73. The SMILES string of the molecule is Cc1ccc(O)c([C@H](c2cc(C)ccc2OC(=O)CC(C)C)C(C)(C)C)c1. The zero-order chi connectivity index (χ0) is 20.4. The smallest absolute Gasteiger partial charge is 0.311 e. The molecule has 2 aromatic rings. The summed E-state index contributed by atoms with van der Waals surface area (Å²) in [6.45, 7) is 14.5. The summed E-state index contributed by atoms with van der Waals surface area (Å²) in [6, 6.07) is 11.6. The molecule has 0 heterocycles. The van der Waals surface area contributed by atoms with Gasteiger partial charge in [0.2, 0.25) is 0 Å². The Balaban J connectivity index is 2.61. The lowest BCUT2D eigenvalue weighted by Gasteiger charge is -2.33. The summed E-state index contributed by atoms with van der Waals surface area (Å²) in [5, 5.41) is 10.6. The normalized spacial score (nSPS) is 12.9. The standard InChI is InChI=1S/C24H32O3/c1-15(2)12-22(26)27-21-11-9-17(4)14-19(21)23(24(5,6)7)18-13-16(3)8-10-20(18)25/h8-11,13-15,23,25H,12H2,1-7H3/t23-/m1/s1. The van der Waals surface area contributed by atoms with Crippen LogP contribution in [0.2, 0.25) is 0 Å². The number of rotatable bonds is 5. The van der Waals surface area contributed by atoms with Gasteiger partial charge in [-0.15, -0.1) is 0 Å². The van der Waals surface area contributed by atoms with Gasteiger partial charge < -0.3 is 9.84 Å². The fourth-order valence-corrected chi connectivity index (χ4v) is 3.49. The van der Waals surface area contributed by atoms with Crippen LogP contribution in [0.1, 0.15) is 69.2 Å². The van der Waals surface area contributed by atoms with Crippen LogP contribution in [-0.2, 0) is 4.79 Å². The summed E-state index contributed by atoms with van der Waals surface area (Å²) in [7, 11) is 0. The third kappa shape index (κ3) is 5.35. The van der Waals surface area contributed by atoms with Crippen molar-refractivity contribution in [2.75, 3.05) is 0 Å². The number of ether oxygens (including phenoxy) is 1. The molecule has 0 bridgehead atoms. The Hall–Kier alpha value is -2.29. The van der Waals surface area contributed by atoms with Crippen molar-refractivity contribution in [3.8, 4) is 11.5 Å². The molecule has 0 unspecified atom stereocenters. The molecule has 3 heteroatoms. The Kier molecular flexibility index (Phi) is 6.35. The molecule has 0 aromatic heterocycles. The molecule has 1 atom stereocenters. The molecule has 0 radical (unpaired) electrons. The van der Waals surface area contributed by atoms with E-state index in [1.54, 1.807) is 6.07 Å². The maximum Gasteiger partial charge on any atom is 0.311 e. The van der Waals surface area contributed by atoms with Crippen LogP contribution in [0.15, 0.2) is 36.4 Å². The van der Waals surface area contributed by atoms with Gasteiger partial charge in [-0.2, -0.15) is 0 Å². The van der Waals surface area contributed by atoms with Crippen molar-refractivity contribution in [2.24, 2.45) is 11.3 Å². The topological polar surface area (TPSA) is 46.5 Å². The minimum Gasteiger partial charge on any atom is -0.508 e. The van der Waals surface area contributed by atoms with Gasteiger partial charge in [-0.25, -0.2) is 0 Å². The van der Waals surface area contributed by atoms with E-state index in [4.69, 9.17) is 4.74 Å². The summed E-state index contributed by atoms with van der Waals surface area (Å²) in [5.74, 6) is 0.745. The first-order valence-electron chi connectivity index (χ1n) is 9.59. The fourth-order valence-electron chi connectivity index (χ4n) is 3.49. The molecule has 3 nitrogen and oxygen atoms in total. The number of hydrogen-bond donors (Lipinski definition) is 1. The summed E-state index contributed by atoms with van der Waals surface area (Å²) in [6.07, 6.45) is 0.378. The Bertz CT molecular complexity index is 813. The molecule has 0 saturated carbocycles. The number of aryl methyl sites for hydroxylation is 2. The van der Waals surface area contributed by atoms with E-state index in [1.165, 1.54) is 0 Å². The molecule has 1 N–H and O–H groups in total. The number of phenols is 1. The van der Waals surface area contributed by atoms with Gasteiger partial charge in [-0.1, -0.05) is 70.0 Å². The molecule has 146 valence electrons. The second-order valence-electron chi connectivity index (χ2n) is 8.97. The average molecular weight is 369 g/mol. The molecular weight excluding hydrogens is 336 g/mol. The van der Waals surface area contributed by atoms with Crippen LogP contribution in [0, 0.1) is 25.2 Å².